The summed E-state index contributed by atoms with van der Waals surface area (Å²) in [6.07, 6.45) is 9.51. The number of carbonyl (C=O) groups is 1. The summed E-state index contributed by atoms with van der Waals surface area (Å²) < 4.78 is 29.7. The van der Waals surface area contributed by atoms with Gasteiger partial charge >= 0.3 is 0 Å². The molecular formula is C31H37N7O4S. The third-order valence-electron chi connectivity index (χ3n) is 9.53. The van der Waals surface area contributed by atoms with Crippen LogP contribution in [-0.4, -0.2) is 90.6 Å². The average molecular weight is 604 g/mol. The number of likely N-dealkylation sites (tertiary alicyclic amines) is 1. The number of anilines is 4. The Kier molecular flexibility index (Phi) is 7.00. The summed E-state index contributed by atoms with van der Waals surface area (Å²) in [5.74, 6) is 2.17. The predicted octanol–water partition coefficient (Wildman–Crippen LogP) is 3.46. The largest absolute Gasteiger partial charge is 0.376 e. The molecule has 5 atom stereocenters. The van der Waals surface area contributed by atoms with Crippen molar-refractivity contribution >= 4 is 49.8 Å². The van der Waals surface area contributed by atoms with E-state index >= 15 is 0 Å². The summed E-state index contributed by atoms with van der Waals surface area (Å²) in [4.78, 5) is 33.0. The molecular weight excluding hydrogens is 566 g/mol. The summed E-state index contributed by atoms with van der Waals surface area (Å²) in [6, 6.07) is 8.38. The van der Waals surface area contributed by atoms with Gasteiger partial charge in [-0.15, -0.1) is 0 Å². The second-order valence-electron chi connectivity index (χ2n) is 12.3. The molecule has 43 heavy (non-hydrogen) atoms. The molecule has 1 amide bonds. The number of benzene rings is 1. The number of rotatable bonds is 8. The van der Waals surface area contributed by atoms with Crippen molar-refractivity contribution in [2.45, 2.75) is 50.4 Å². The van der Waals surface area contributed by atoms with E-state index in [9.17, 15) is 13.2 Å². The van der Waals surface area contributed by atoms with Crippen LogP contribution in [0.4, 0.5) is 23.3 Å². The highest BCUT2D eigenvalue weighted by Crippen LogP contribution is 2.43. The van der Waals surface area contributed by atoms with E-state index in [2.05, 4.69) is 45.7 Å². The minimum absolute atomic E-state index is 0.0497. The minimum Gasteiger partial charge on any atom is -0.376 e. The number of hydrogen-bond acceptors (Lipinski definition) is 10. The van der Waals surface area contributed by atoms with Crippen molar-refractivity contribution in [3.8, 4) is 0 Å². The van der Waals surface area contributed by atoms with Crippen molar-refractivity contribution in [1.29, 1.82) is 0 Å². The highest BCUT2D eigenvalue weighted by atomic mass is 32.2. The van der Waals surface area contributed by atoms with Crippen molar-refractivity contribution in [2.75, 3.05) is 53.4 Å². The van der Waals surface area contributed by atoms with Gasteiger partial charge in [-0.3, -0.25) is 4.79 Å². The zero-order valence-corrected chi connectivity index (χ0v) is 25.3. The smallest absolute Gasteiger partial charge is 0.246 e. The first-order valence-corrected chi connectivity index (χ1v) is 17.0. The van der Waals surface area contributed by atoms with Gasteiger partial charge in [0.1, 0.15) is 21.5 Å². The number of pyridine rings is 1. The maximum Gasteiger partial charge on any atom is 0.246 e. The quantitative estimate of drug-likeness (QED) is 0.383. The molecule has 0 radical (unpaired) electrons. The van der Waals surface area contributed by atoms with E-state index in [1.54, 1.807) is 6.20 Å². The van der Waals surface area contributed by atoms with Gasteiger partial charge in [0, 0.05) is 61.3 Å². The number of amides is 1. The Morgan fingerprint density at radius 3 is 2.74 bits per heavy atom. The summed E-state index contributed by atoms with van der Waals surface area (Å²) in [7, 11) is -3.06. The molecule has 7 rings (SSSR count). The molecule has 0 aliphatic carbocycles. The van der Waals surface area contributed by atoms with E-state index in [1.165, 1.54) is 12.3 Å². The molecule has 1 aromatic carbocycles. The van der Waals surface area contributed by atoms with Gasteiger partial charge in [0.25, 0.3) is 0 Å². The van der Waals surface area contributed by atoms with Crippen LogP contribution in [0.5, 0.6) is 0 Å². The molecule has 0 unspecified atom stereocenters. The maximum atomic E-state index is 12.6. The highest BCUT2D eigenvalue weighted by Gasteiger charge is 2.40. The molecule has 2 bridgehead atoms. The first kappa shape index (κ1) is 28.0. The third kappa shape index (κ3) is 5.20. The first-order chi connectivity index (χ1) is 20.7. The number of fused-ring (bicyclic) bond motifs is 3. The number of piperidine rings is 1. The molecule has 4 aliphatic heterocycles. The van der Waals surface area contributed by atoms with Crippen LogP contribution in [0.2, 0.25) is 0 Å². The summed E-state index contributed by atoms with van der Waals surface area (Å²) in [5, 5.41) is 5.36. The van der Waals surface area contributed by atoms with Crippen molar-refractivity contribution in [1.82, 2.24) is 19.9 Å². The molecule has 3 aromatic rings. The molecule has 226 valence electrons. The summed E-state index contributed by atoms with van der Waals surface area (Å²) in [6.45, 7) is 8.70. The van der Waals surface area contributed by atoms with Gasteiger partial charge in [-0.05, 0) is 61.4 Å². The first-order valence-electron chi connectivity index (χ1n) is 15.0. The number of sulfone groups is 1. The number of hydrogen-bond donors (Lipinski definition) is 1. The molecule has 4 fully saturated rings. The Balaban J connectivity index is 1.21. The van der Waals surface area contributed by atoms with E-state index in [0.717, 1.165) is 47.8 Å². The highest BCUT2D eigenvalue weighted by molar-refractivity contribution is 7.90. The van der Waals surface area contributed by atoms with Crippen LogP contribution in [0.1, 0.15) is 37.8 Å². The fraction of sp³-hybridized carbons (Fsp3) is 0.484. The van der Waals surface area contributed by atoms with Crippen LogP contribution in [-0.2, 0) is 19.4 Å². The van der Waals surface area contributed by atoms with E-state index in [4.69, 9.17) is 14.7 Å². The second kappa shape index (κ2) is 10.7. The van der Waals surface area contributed by atoms with Gasteiger partial charge in [0.05, 0.1) is 30.5 Å². The van der Waals surface area contributed by atoms with Gasteiger partial charge in [-0.25, -0.2) is 18.4 Å². The lowest BCUT2D eigenvalue weighted by molar-refractivity contribution is -0.133. The van der Waals surface area contributed by atoms with Crippen LogP contribution in [0.25, 0.3) is 10.8 Å². The van der Waals surface area contributed by atoms with E-state index in [-0.39, 0.29) is 29.7 Å². The third-order valence-corrected chi connectivity index (χ3v) is 10.6. The number of carbonyl (C=O) groups excluding carboxylic acids is 1. The number of ether oxygens (including phenoxy) is 1. The van der Waals surface area contributed by atoms with Gasteiger partial charge in [-0.1, -0.05) is 12.6 Å². The maximum absolute atomic E-state index is 12.6. The molecule has 4 aliphatic rings. The lowest BCUT2D eigenvalue weighted by Crippen LogP contribution is -2.57. The Hall–Kier alpha value is -3.77. The topological polar surface area (TPSA) is 121 Å². The molecule has 2 aromatic heterocycles. The Morgan fingerprint density at radius 1 is 1.14 bits per heavy atom. The van der Waals surface area contributed by atoms with Crippen molar-refractivity contribution in [2.24, 2.45) is 5.92 Å². The SMILES string of the molecule is C=CC(=O)N1CC[C@@H]1c1ccc(N2C[C@H](CS(C)(=O)=O)[C@H]2C)c2cnc(Nc3ccnc(N4CC[C@@H]5C[C@H]4CO5)n3)cc12. The Bertz CT molecular complexity index is 1700. The molecule has 12 heteroatoms. The molecule has 0 saturated carbocycles. The zero-order chi connectivity index (χ0) is 29.9. The van der Waals surface area contributed by atoms with Crippen LogP contribution < -0.4 is 15.1 Å². The molecule has 4 saturated heterocycles. The summed E-state index contributed by atoms with van der Waals surface area (Å²) in [5.41, 5.74) is 2.07. The average Bonchev–Trinajstić information content (AvgIpc) is 3.34. The molecule has 1 N–H and O–H groups in total. The van der Waals surface area contributed by atoms with Crippen molar-refractivity contribution in [3.05, 3.63) is 54.9 Å². The summed E-state index contributed by atoms with van der Waals surface area (Å²) >= 11 is 0. The van der Waals surface area contributed by atoms with Crippen molar-refractivity contribution in [3.63, 3.8) is 0 Å². The number of nitrogens with zero attached hydrogens (tertiary/aromatic N) is 6. The normalized spacial score (nSPS) is 26.7. The monoisotopic (exact) mass is 603 g/mol. The fourth-order valence-corrected chi connectivity index (χ4v) is 8.22. The Labute approximate surface area is 251 Å². The predicted molar refractivity (Wildman–Crippen MR) is 166 cm³/mol. The van der Waals surface area contributed by atoms with Gasteiger partial charge in [0.2, 0.25) is 11.9 Å². The van der Waals surface area contributed by atoms with E-state index < -0.39 is 9.84 Å². The van der Waals surface area contributed by atoms with Gasteiger partial charge < -0.3 is 24.8 Å². The number of nitrogens with one attached hydrogen (secondary N) is 1. The lowest BCUT2D eigenvalue weighted by Gasteiger charge is -2.48. The van der Waals surface area contributed by atoms with Crippen LogP contribution in [0.15, 0.2) is 49.3 Å². The Morgan fingerprint density at radius 2 is 2.00 bits per heavy atom. The fourth-order valence-electron chi connectivity index (χ4n) is 7.06. The molecule has 11 nitrogen and oxygen atoms in total. The standard InChI is InChI=1S/C31H37N7O4S/c1-4-30(39)37-12-9-27(37)23-5-6-26(38-16-20(19(38)2)18-43(3,40)41)25-15-33-29(14-24(23)25)34-28-7-10-32-31(35-28)36-11-8-22-13-21(36)17-42-22/h4-7,10,14-15,19-22,27H,1,8-9,11-13,16-18H2,2-3H3,(H,32,33,34,35)/t19-,20-,21+,22-,27-/m1/s1. The second-order valence-corrected chi connectivity index (χ2v) is 14.5. The van der Waals surface area contributed by atoms with E-state index in [0.29, 0.717) is 49.4 Å². The van der Waals surface area contributed by atoms with Crippen LogP contribution >= 0.6 is 0 Å². The molecule has 6 heterocycles. The van der Waals surface area contributed by atoms with E-state index in [1.807, 2.05) is 23.2 Å². The minimum atomic E-state index is -3.06. The van der Waals surface area contributed by atoms with Gasteiger partial charge in [0.15, 0.2) is 0 Å². The number of aromatic nitrogens is 3. The lowest BCUT2D eigenvalue weighted by atomic mass is 9.87. The molecule has 0 spiro atoms. The zero-order valence-electron chi connectivity index (χ0n) is 24.5. The van der Waals surface area contributed by atoms with Crippen LogP contribution in [0, 0.1) is 5.92 Å². The van der Waals surface area contributed by atoms with Crippen LogP contribution in [0.3, 0.4) is 0 Å². The van der Waals surface area contributed by atoms with Gasteiger partial charge in [-0.2, -0.15) is 4.98 Å². The van der Waals surface area contributed by atoms with Crippen molar-refractivity contribution < 1.29 is 17.9 Å².